The van der Waals surface area contributed by atoms with Crippen LogP contribution in [0.3, 0.4) is 0 Å². The maximum atomic E-state index is 11.7. The van der Waals surface area contributed by atoms with E-state index in [0.29, 0.717) is 0 Å². The fourth-order valence-electron chi connectivity index (χ4n) is 2.27. The zero-order valence-corrected chi connectivity index (χ0v) is 14.5. The van der Waals surface area contributed by atoms with Crippen LogP contribution in [0.5, 0.6) is 0 Å². The van der Waals surface area contributed by atoms with Gasteiger partial charge in [-0.15, -0.1) is 0 Å². The minimum atomic E-state index is -0.454. The van der Waals surface area contributed by atoms with E-state index in [1.165, 1.54) is 0 Å². The molecule has 1 amide bonds. The van der Waals surface area contributed by atoms with Gasteiger partial charge in [0.05, 0.1) is 6.04 Å². The molecule has 122 valence electrons. The molecule has 1 aliphatic carbocycles. The number of carbonyl (C=O) groups is 1. The Bertz CT molecular complexity index is 372. The summed E-state index contributed by atoms with van der Waals surface area (Å²) < 4.78 is 5.28. The Kier molecular flexibility index (Phi) is 6.80. The maximum Gasteiger partial charge on any atom is 0.407 e. The Morgan fingerprint density at radius 2 is 1.90 bits per heavy atom. The molecule has 7 heteroatoms. The summed E-state index contributed by atoms with van der Waals surface area (Å²) in [6, 6.07) is 0.467. The molecule has 0 aromatic heterocycles. The molecule has 0 aliphatic heterocycles. The monoisotopic (exact) mass is 316 g/mol. The van der Waals surface area contributed by atoms with Crippen molar-refractivity contribution in [2.45, 2.75) is 64.1 Å². The highest BCUT2D eigenvalue weighted by molar-refractivity contribution is 8.13. The molecule has 0 aromatic carbocycles. The number of rotatable bonds is 2. The molecule has 1 saturated carbocycles. The second kappa shape index (κ2) is 7.89. The van der Waals surface area contributed by atoms with Crippen molar-refractivity contribution in [3.05, 3.63) is 0 Å². The van der Waals surface area contributed by atoms with Gasteiger partial charge < -0.3 is 10.1 Å². The summed E-state index contributed by atoms with van der Waals surface area (Å²) in [5.74, 6) is 5.72. The van der Waals surface area contributed by atoms with Gasteiger partial charge in [0, 0.05) is 13.1 Å². The number of nitrogens with zero attached hydrogens (tertiary/aromatic N) is 2. The third-order valence-corrected chi connectivity index (χ3v) is 3.95. The van der Waals surface area contributed by atoms with E-state index in [-0.39, 0.29) is 18.2 Å². The minimum Gasteiger partial charge on any atom is -0.444 e. The van der Waals surface area contributed by atoms with Crippen LogP contribution in [-0.2, 0) is 4.74 Å². The molecule has 0 bridgehead atoms. The number of alkyl carbamates (subject to hydrolysis) is 1. The molecule has 1 rings (SSSR count). The standard InChI is InChI=1S/C14H28N4O2S/c1-14(2,3)20-13(19)17-11-8-6-10(7-9-11)16-12(21-5)18(4)15/h10-11H,6-9,15H2,1-5H3,(H,17,19). The van der Waals surface area contributed by atoms with Gasteiger partial charge in [0.1, 0.15) is 5.60 Å². The van der Waals surface area contributed by atoms with Crippen LogP contribution in [0.2, 0.25) is 0 Å². The van der Waals surface area contributed by atoms with E-state index in [0.717, 1.165) is 30.9 Å². The molecule has 0 saturated heterocycles. The molecular formula is C14H28N4O2S. The Morgan fingerprint density at radius 1 is 1.33 bits per heavy atom. The van der Waals surface area contributed by atoms with Crippen LogP contribution in [-0.4, -0.2) is 47.3 Å². The molecule has 0 unspecified atom stereocenters. The van der Waals surface area contributed by atoms with Crippen molar-refractivity contribution >= 4 is 23.0 Å². The van der Waals surface area contributed by atoms with Gasteiger partial charge in [0.25, 0.3) is 0 Å². The number of amides is 1. The van der Waals surface area contributed by atoms with E-state index in [9.17, 15) is 4.79 Å². The second-order valence-electron chi connectivity index (χ2n) is 6.38. The summed E-state index contributed by atoms with van der Waals surface area (Å²) in [4.78, 5) is 16.4. The van der Waals surface area contributed by atoms with Crippen LogP contribution >= 0.6 is 11.8 Å². The third-order valence-electron chi connectivity index (χ3n) is 3.19. The number of hydrazine groups is 1. The Morgan fingerprint density at radius 3 is 2.33 bits per heavy atom. The molecule has 0 heterocycles. The lowest BCUT2D eigenvalue weighted by molar-refractivity contribution is 0.0491. The van der Waals surface area contributed by atoms with E-state index in [1.54, 1.807) is 23.8 Å². The van der Waals surface area contributed by atoms with Crippen molar-refractivity contribution in [1.29, 1.82) is 0 Å². The molecule has 0 spiro atoms. The molecule has 0 radical (unpaired) electrons. The number of ether oxygens (including phenoxy) is 1. The summed E-state index contributed by atoms with van der Waals surface area (Å²) in [5.41, 5.74) is -0.454. The molecule has 21 heavy (non-hydrogen) atoms. The molecule has 0 atom stereocenters. The van der Waals surface area contributed by atoms with Crippen LogP contribution in [0, 0.1) is 0 Å². The van der Waals surface area contributed by atoms with Gasteiger partial charge in [-0.05, 0) is 52.7 Å². The van der Waals surface area contributed by atoms with Crippen molar-refractivity contribution in [2.24, 2.45) is 10.8 Å². The van der Waals surface area contributed by atoms with Crippen molar-refractivity contribution < 1.29 is 9.53 Å². The lowest BCUT2D eigenvalue weighted by atomic mass is 9.92. The van der Waals surface area contributed by atoms with Crippen molar-refractivity contribution in [3.63, 3.8) is 0 Å². The first-order valence-corrected chi connectivity index (χ1v) is 8.53. The highest BCUT2D eigenvalue weighted by Gasteiger charge is 2.24. The fourth-order valence-corrected chi connectivity index (χ4v) is 2.81. The number of hydrogen-bond donors (Lipinski definition) is 2. The van der Waals surface area contributed by atoms with Crippen LogP contribution in [0.15, 0.2) is 4.99 Å². The van der Waals surface area contributed by atoms with E-state index in [4.69, 9.17) is 10.6 Å². The summed E-state index contributed by atoms with van der Waals surface area (Å²) in [6.07, 6.45) is 5.39. The topological polar surface area (TPSA) is 80.0 Å². The average Bonchev–Trinajstić information content (AvgIpc) is 2.35. The predicted molar refractivity (Wildman–Crippen MR) is 88.3 cm³/mol. The minimum absolute atomic E-state index is 0.180. The average molecular weight is 316 g/mol. The van der Waals surface area contributed by atoms with Gasteiger partial charge in [-0.1, -0.05) is 11.8 Å². The first kappa shape index (κ1) is 18.1. The summed E-state index contributed by atoms with van der Waals surface area (Å²) in [5, 5.41) is 5.33. The largest absolute Gasteiger partial charge is 0.444 e. The number of nitrogens with two attached hydrogens (primary N) is 1. The van der Waals surface area contributed by atoms with Crippen molar-refractivity contribution in [2.75, 3.05) is 13.3 Å². The quantitative estimate of drug-likeness (QED) is 0.354. The first-order valence-electron chi connectivity index (χ1n) is 7.31. The lowest BCUT2D eigenvalue weighted by Gasteiger charge is -2.29. The Hall–Kier alpha value is -0.950. The molecule has 1 aliphatic rings. The predicted octanol–water partition coefficient (Wildman–Crippen LogP) is 2.35. The second-order valence-corrected chi connectivity index (χ2v) is 7.15. The van der Waals surface area contributed by atoms with Gasteiger partial charge in [-0.25, -0.2) is 10.6 Å². The van der Waals surface area contributed by atoms with Crippen LogP contribution in [0.25, 0.3) is 0 Å². The van der Waals surface area contributed by atoms with E-state index in [1.807, 2.05) is 27.0 Å². The number of aliphatic imine (C=N–C) groups is 1. The van der Waals surface area contributed by atoms with Crippen LogP contribution in [0.1, 0.15) is 46.5 Å². The molecular weight excluding hydrogens is 288 g/mol. The number of amidine groups is 1. The molecule has 1 fully saturated rings. The lowest BCUT2D eigenvalue weighted by Crippen LogP contribution is -2.41. The van der Waals surface area contributed by atoms with Crippen LogP contribution in [0.4, 0.5) is 4.79 Å². The Balaban J connectivity index is 2.40. The zero-order valence-electron chi connectivity index (χ0n) is 13.7. The summed E-state index contributed by atoms with van der Waals surface area (Å²) >= 11 is 1.55. The smallest absolute Gasteiger partial charge is 0.407 e. The number of hydrogen-bond acceptors (Lipinski definition) is 5. The van der Waals surface area contributed by atoms with Crippen LogP contribution < -0.4 is 11.2 Å². The summed E-state index contributed by atoms with van der Waals surface area (Å²) in [7, 11) is 1.80. The maximum absolute atomic E-state index is 11.7. The Labute approximate surface area is 131 Å². The molecule has 6 nitrogen and oxygen atoms in total. The zero-order chi connectivity index (χ0) is 16.0. The van der Waals surface area contributed by atoms with Gasteiger partial charge >= 0.3 is 6.09 Å². The number of nitrogens with one attached hydrogen (secondary N) is 1. The first-order chi connectivity index (χ1) is 9.71. The molecule has 0 aromatic rings. The van der Waals surface area contributed by atoms with Gasteiger partial charge in [-0.2, -0.15) is 0 Å². The van der Waals surface area contributed by atoms with Gasteiger partial charge in [0.15, 0.2) is 5.17 Å². The van der Waals surface area contributed by atoms with Crippen molar-refractivity contribution in [1.82, 2.24) is 10.3 Å². The number of thioether (sulfide) groups is 1. The van der Waals surface area contributed by atoms with Crippen molar-refractivity contribution in [3.8, 4) is 0 Å². The SMILES string of the molecule is CSC(=NC1CCC(NC(=O)OC(C)(C)C)CC1)N(C)N. The van der Waals surface area contributed by atoms with E-state index >= 15 is 0 Å². The van der Waals surface area contributed by atoms with Gasteiger partial charge in [-0.3, -0.25) is 10.0 Å². The van der Waals surface area contributed by atoms with E-state index in [2.05, 4.69) is 10.3 Å². The van der Waals surface area contributed by atoms with E-state index < -0.39 is 5.60 Å². The fraction of sp³-hybridized carbons (Fsp3) is 0.857. The molecule has 3 N–H and O–H groups in total. The normalized spacial score (nSPS) is 23.6. The highest BCUT2D eigenvalue weighted by atomic mass is 32.2. The highest BCUT2D eigenvalue weighted by Crippen LogP contribution is 2.23. The van der Waals surface area contributed by atoms with Gasteiger partial charge in [0.2, 0.25) is 0 Å². The third kappa shape index (κ3) is 7.04. The number of carbonyl (C=O) groups excluding carboxylic acids is 1. The summed E-state index contributed by atoms with van der Waals surface area (Å²) in [6.45, 7) is 5.60.